The summed E-state index contributed by atoms with van der Waals surface area (Å²) in [7, 11) is 0. The number of aryl methyl sites for hydroxylation is 1. The first-order chi connectivity index (χ1) is 9.63. The summed E-state index contributed by atoms with van der Waals surface area (Å²) < 4.78 is 10.9. The van der Waals surface area contributed by atoms with Crippen LogP contribution in [0.25, 0.3) is 0 Å². The topological polar surface area (TPSA) is 55.3 Å². The zero-order chi connectivity index (χ0) is 14.1. The van der Waals surface area contributed by atoms with Gasteiger partial charge in [-0.15, -0.1) is 0 Å². The summed E-state index contributed by atoms with van der Waals surface area (Å²) in [6.07, 6.45) is 4.07. The van der Waals surface area contributed by atoms with Crippen LogP contribution in [0.4, 0.5) is 0 Å². The highest BCUT2D eigenvalue weighted by Gasteiger charge is 2.29. The van der Waals surface area contributed by atoms with Crippen molar-refractivity contribution in [3.05, 3.63) is 35.4 Å². The summed E-state index contributed by atoms with van der Waals surface area (Å²) >= 11 is 0. The minimum atomic E-state index is 0.315. The Labute approximate surface area is 119 Å². The van der Waals surface area contributed by atoms with Crippen LogP contribution in [0.2, 0.25) is 0 Å². The molecule has 20 heavy (non-hydrogen) atoms. The Kier molecular flexibility index (Phi) is 3.61. The van der Waals surface area contributed by atoms with Crippen molar-refractivity contribution in [3.8, 4) is 0 Å². The quantitative estimate of drug-likeness (QED) is 0.855. The van der Waals surface area contributed by atoms with Crippen LogP contribution in [-0.2, 0) is 6.54 Å². The molecule has 1 saturated heterocycles. The third kappa shape index (κ3) is 2.63. The van der Waals surface area contributed by atoms with Crippen molar-refractivity contribution in [1.82, 2.24) is 15.0 Å². The third-order valence-electron chi connectivity index (χ3n) is 3.77. The van der Waals surface area contributed by atoms with Crippen LogP contribution in [-0.4, -0.2) is 21.6 Å². The summed E-state index contributed by atoms with van der Waals surface area (Å²) in [6, 6.07) is 2.35. The molecule has 0 saturated carbocycles. The van der Waals surface area contributed by atoms with Gasteiger partial charge in [-0.2, -0.15) is 0 Å². The molecule has 2 aromatic rings. The highest BCUT2D eigenvalue weighted by Crippen LogP contribution is 2.33. The van der Waals surface area contributed by atoms with Gasteiger partial charge in [-0.25, -0.2) is 4.98 Å². The number of oxazole rings is 1. The average Bonchev–Trinajstić information content (AvgIpc) is 3.09. The molecule has 2 aromatic heterocycles. The smallest absolute Gasteiger partial charge is 0.196 e. The molecule has 3 rings (SSSR count). The Hall–Kier alpha value is -1.62. The molecule has 1 unspecified atom stereocenters. The second kappa shape index (κ2) is 5.40. The largest absolute Gasteiger partial charge is 0.448 e. The number of hydrogen-bond acceptors (Lipinski definition) is 5. The van der Waals surface area contributed by atoms with E-state index in [4.69, 9.17) is 8.94 Å². The van der Waals surface area contributed by atoms with Crippen molar-refractivity contribution in [3.63, 3.8) is 0 Å². The average molecular weight is 275 g/mol. The highest BCUT2D eigenvalue weighted by molar-refractivity contribution is 5.10. The Balaban J connectivity index is 1.72. The molecular weight excluding hydrogens is 254 g/mol. The van der Waals surface area contributed by atoms with Gasteiger partial charge in [0.05, 0.1) is 17.4 Å². The maximum Gasteiger partial charge on any atom is 0.196 e. The molecule has 0 aromatic carbocycles. The molecule has 1 fully saturated rings. The number of likely N-dealkylation sites (tertiary alicyclic amines) is 1. The minimum Gasteiger partial charge on any atom is -0.448 e. The van der Waals surface area contributed by atoms with Crippen molar-refractivity contribution in [1.29, 1.82) is 0 Å². The van der Waals surface area contributed by atoms with E-state index >= 15 is 0 Å². The van der Waals surface area contributed by atoms with Gasteiger partial charge in [0.2, 0.25) is 0 Å². The van der Waals surface area contributed by atoms with Crippen LogP contribution < -0.4 is 0 Å². The van der Waals surface area contributed by atoms with Crippen molar-refractivity contribution < 1.29 is 8.94 Å². The number of hydrogen-bond donors (Lipinski definition) is 0. The molecule has 5 heteroatoms. The zero-order valence-electron chi connectivity index (χ0n) is 12.3. The molecule has 0 bridgehead atoms. The van der Waals surface area contributed by atoms with Gasteiger partial charge in [0.25, 0.3) is 0 Å². The highest BCUT2D eigenvalue weighted by atomic mass is 16.5. The Bertz CT molecular complexity index is 573. The lowest BCUT2D eigenvalue weighted by atomic mass is 10.1. The fourth-order valence-corrected chi connectivity index (χ4v) is 2.75. The predicted molar refractivity (Wildman–Crippen MR) is 74.2 cm³/mol. The van der Waals surface area contributed by atoms with Gasteiger partial charge in [0, 0.05) is 18.5 Å². The molecule has 108 valence electrons. The van der Waals surface area contributed by atoms with Crippen LogP contribution in [0.5, 0.6) is 0 Å². The molecule has 0 amide bonds. The molecule has 3 heterocycles. The van der Waals surface area contributed by atoms with Gasteiger partial charge in [-0.1, -0.05) is 19.0 Å². The number of aromatic nitrogens is 2. The molecule has 1 aliphatic heterocycles. The Morgan fingerprint density at radius 2 is 2.30 bits per heavy atom. The lowest BCUT2D eigenvalue weighted by Gasteiger charge is -2.20. The molecule has 1 aliphatic rings. The van der Waals surface area contributed by atoms with Gasteiger partial charge in [-0.3, -0.25) is 4.90 Å². The first-order valence-electron chi connectivity index (χ1n) is 7.25. The fraction of sp³-hybridized carbons (Fsp3) is 0.600. The molecule has 1 atom stereocenters. The van der Waals surface area contributed by atoms with E-state index in [0.29, 0.717) is 12.0 Å². The van der Waals surface area contributed by atoms with Gasteiger partial charge in [0.1, 0.15) is 6.26 Å². The van der Waals surface area contributed by atoms with Gasteiger partial charge >= 0.3 is 0 Å². The Morgan fingerprint density at radius 3 is 2.95 bits per heavy atom. The van der Waals surface area contributed by atoms with Crippen molar-refractivity contribution in [2.24, 2.45) is 0 Å². The van der Waals surface area contributed by atoms with Crippen LogP contribution in [0.15, 0.2) is 21.3 Å². The van der Waals surface area contributed by atoms with E-state index in [1.165, 1.54) is 6.42 Å². The monoisotopic (exact) mass is 275 g/mol. The maximum absolute atomic E-state index is 5.51. The van der Waals surface area contributed by atoms with E-state index in [1.54, 1.807) is 6.26 Å². The van der Waals surface area contributed by atoms with Gasteiger partial charge in [0.15, 0.2) is 11.7 Å². The summed E-state index contributed by atoms with van der Waals surface area (Å²) in [4.78, 5) is 6.94. The molecular formula is C15H21N3O2. The van der Waals surface area contributed by atoms with E-state index in [2.05, 4.69) is 28.9 Å². The Morgan fingerprint density at radius 1 is 1.45 bits per heavy atom. The SMILES string of the molecule is Cc1cc(C2CCCN2Cc2coc(C(C)C)n2)on1. The van der Waals surface area contributed by atoms with Crippen molar-refractivity contribution >= 4 is 0 Å². The van der Waals surface area contributed by atoms with Crippen molar-refractivity contribution in [2.75, 3.05) is 6.54 Å². The summed E-state index contributed by atoms with van der Waals surface area (Å²) in [6.45, 7) is 8.00. The fourth-order valence-electron chi connectivity index (χ4n) is 2.75. The zero-order valence-corrected chi connectivity index (χ0v) is 12.3. The van der Waals surface area contributed by atoms with Crippen LogP contribution in [0.3, 0.4) is 0 Å². The molecule has 0 N–H and O–H groups in total. The second-order valence-electron chi connectivity index (χ2n) is 5.83. The minimum absolute atomic E-state index is 0.315. The van der Waals surface area contributed by atoms with E-state index < -0.39 is 0 Å². The number of nitrogens with zero attached hydrogens (tertiary/aromatic N) is 3. The lowest BCUT2D eigenvalue weighted by molar-refractivity contribution is 0.204. The van der Waals surface area contributed by atoms with Gasteiger partial charge < -0.3 is 8.94 Å². The predicted octanol–water partition coefficient (Wildman–Crippen LogP) is 3.43. The van der Waals surface area contributed by atoms with E-state index in [0.717, 1.165) is 42.5 Å². The molecule has 0 spiro atoms. The third-order valence-corrected chi connectivity index (χ3v) is 3.77. The van der Waals surface area contributed by atoms with Crippen LogP contribution >= 0.6 is 0 Å². The van der Waals surface area contributed by atoms with Crippen molar-refractivity contribution in [2.45, 2.75) is 52.1 Å². The van der Waals surface area contributed by atoms with Crippen LogP contribution in [0, 0.1) is 6.92 Å². The molecule has 0 aliphatic carbocycles. The first kappa shape index (κ1) is 13.4. The van der Waals surface area contributed by atoms with Gasteiger partial charge in [-0.05, 0) is 26.3 Å². The lowest BCUT2D eigenvalue weighted by Crippen LogP contribution is -2.22. The van der Waals surface area contributed by atoms with Crippen LogP contribution in [0.1, 0.15) is 61.7 Å². The standard InChI is InChI=1S/C15H21N3O2/c1-10(2)15-16-12(9-19-15)8-18-6-4-5-13(18)14-7-11(3)17-20-14/h7,9-10,13H,4-6,8H2,1-3H3. The van der Waals surface area contributed by atoms with E-state index in [9.17, 15) is 0 Å². The maximum atomic E-state index is 5.51. The summed E-state index contributed by atoms with van der Waals surface area (Å²) in [5, 5.41) is 3.99. The first-order valence-corrected chi connectivity index (χ1v) is 7.25. The van der Waals surface area contributed by atoms with E-state index in [1.807, 2.05) is 13.0 Å². The second-order valence-corrected chi connectivity index (χ2v) is 5.83. The normalized spacial score (nSPS) is 20.1. The van der Waals surface area contributed by atoms with E-state index in [-0.39, 0.29) is 0 Å². The summed E-state index contributed by atoms with van der Waals surface area (Å²) in [5.74, 6) is 2.11. The summed E-state index contributed by atoms with van der Waals surface area (Å²) in [5.41, 5.74) is 1.94. The number of rotatable bonds is 4. The molecule has 0 radical (unpaired) electrons. The molecule has 5 nitrogen and oxygen atoms in total.